The molecule has 0 spiro atoms. The van der Waals surface area contributed by atoms with Crippen LogP contribution in [0.2, 0.25) is 0 Å². The zero-order chi connectivity index (χ0) is 14.7. The molecule has 1 heterocycles. The minimum absolute atomic E-state index is 0.814. The molecule has 0 amide bonds. The fourth-order valence-corrected chi connectivity index (χ4v) is 3.29. The minimum atomic E-state index is 0.814. The fourth-order valence-electron chi connectivity index (χ4n) is 2.01. The van der Waals surface area contributed by atoms with Crippen LogP contribution in [-0.2, 0) is 5.75 Å². The second kappa shape index (κ2) is 6.37. The predicted octanol–water partition coefficient (Wildman–Crippen LogP) is 4.32. The number of nitrogen functional groups attached to an aromatic ring is 1. The number of halogens is 1. The molecule has 0 saturated heterocycles. The first-order valence-corrected chi connectivity index (χ1v) is 8.27. The molecule has 3 nitrogen and oxygen atoms in total. The first-order valence-electron chi connectivity index (χ1n) is 6.49. The van der Waals surface area contributed by atoms with Crippen LogP contribution in [0.3, 0.4) is 0 Å². The Kier molecular flexibility index (Phi) is 4.31. The van der Waals surface area contributed by atoms with Crippen molar-refractivity contribution in [2.45, 2.75) is 10.9 Å². The second-order valence-corrected chi connectivity index (χ2v) is 6.46. The Balaban J connectivity index is 1.76. The van der Waals surface area contributed by atoms with Crippen molar-refractivity contribution in [1.82, 2.24) is 9.66 Å². The van der Waals surface area contributed by atoms with Gasteiger partial charge < -0.3 is 5.84 Å². The van der Waals surface area contributed by atoms with Gasteiger partial charge in [0.1, 0.15) is 0 Å². The lowest BCUT2D eigenvalue weighted by Gasteiger charge is -2.02. The number of thioether (sulfide) groups is 1. The Bertz CT molecular complexity index is 740. The monoisotopic (exact) mass is 359 g/mol. The molecule has 0 aliphatic heterocycles. The van der Waals surface area contributed by atoms with Gasteiger partial charge in [0.15, 0.2) is 5.16 Å². The Morgan fingerprint density at radius 3 is 2.67 bits per heavy atom. The van der Waals surface area contributed by atoms with Gasteiger partial charge in [0.05, 0.1) is 11.9 Å². The smallest absolute Gasteiger partial charge is 0.187 e. The van der Waals surface area contributed by atoms with E-state index in [0.29, 0.717) is 0 Å². The van der Waals surface area contributed by atoms with E-state index in [-0.39, 0.29) is 0 Å². The lowest BCUT2D eigenvalue weighted by molar-refractivity contribution is 0.851. The third-order valence-corrected chi connectivity index (χ3v) is 4.56. The Morgan fingerprint density at radius 1 is 1.10 bits per heavy atom. The van der Waals surface area contributed by atoms with Crippen LogP contribution in [0.1, 0.15) is 5.56 Å². The topological polar surface area (TPSA) is 43.8 Å². The number of imidazole rings is 1. The molecular formula is C16H14BrN3S. The van der Waals surface area contributed by atoms with Crippen LogP contribution in [-0.4, -0.2) is 9.66 Å². The summed E-state index contributed by atoms with van der Waals surface area (Å²) in [6.45, 7) is 0. The largest absolute Gasteiger partial charge is 0.337 e. The summed E-state index contributed by atoms with van der Waals surface area (Å²) in [7, 11) is 0. The van der Waals surface area contributed by atoms with Crippen molar-refractivity contribution in [3.63, 3.8) is 0 Å². The summed E-state index contributed by atoms with van der Waals surface area (Å²) in [5, 5.41) is 0.814. The maximum absolute atomic E-state index is 6.00. The number of nitrogens with zero attached hydrogens (tertiary/aromatic N) is 2. The number of hydrogen-bond acceptors (Lipinski definition) is 3. The van der Waals surface area contributed by atoms with Crippen molar-refractivity contribution in [2.75, 3.05) is 5.84 Å². The fraction of sp³-hybridized carbons (Fsp3) is 0.0625. The van der Waals surface area contributed by atoms with Crippen LogP contribution in [0, 0.1) is 0 Å². The van der Waals surface area contributed by atoms with Gasteiger partial charge >= 0.3 is 0 Å². The number of aromatic nitrogens is 2. The van der Waals surface area contributed by atoms with Crippen LogP contribution in [0.25, 0.3) is 11.3 Å². The van der Waals surface area contributed by atoms with Crippen molar-refractivity contribution < 1.29 is 0 Å². The SMILES string of the molecule is Nn1cc(-c2ccccc2)nc1SCc1cccc(Br)c1. The number of rotatable bonds is 4. The molecule has 0 atom stereocenters. The zero-order valence-corrected chi connectivity index (χ0v) is 13.6. The number of hydrogen-bond donors (Lipinski definition) is 1. The molecule has 2 N–H and O–H groups in total. The van der Waals surface area contributed by atoms with Gasteiger partial charge in [-0.3, -0.25) is 0 Å². The van der Waals surface area contributed by atoms with Gasteiger partial charge in [-0.2, -0.15) is 0 Å². The van der Waals surface area contributed by atoms with Crippen molar-refractivity contribution in [1.29, 1.82) is 0 Å². The highest BCUT2D eigenvalue weighted by Crippen LogP contribution is 2.26. The van der Waals surface area contributed by atoms with Crippen LogP contribution < -0.4 is 5.84 Å². The molecule has 0 unspecified atom stereocenters. The molecule has 0 bridgehead atoms. The Hall–Kier alpha value is -1.72. The summed E-state index contributed by atoms with van der Waals surface area (Å²) in [6.07, 6.45) is 1.86. The number of nitrogens with two attached hydrogens (primary N) is 1. The van der Waals surface area contributed by atoms with Crippen molar-refractivity contribution in [3.8, 4) is 11.3 Å². The maximum atomic E-state index is 6.00. The molecule has 2 aromatic carbocycles. The van der Waals surface area contributed by atoms with E-state index in [1.807, 2.05) is 48.7 Å². The molecular weight excluding hydrogens is 346 g/mol. The lowest BCUT2D eigenvalue weighted by atomic mass is 10.2. The van der Waals surface area contributed by atoms with Gasteiger partial charge in [0.25, 0.3) is 0 Å². The van der Waals surface area contributed by atoms with Crippen molar-refractivity contribution in [3.05, 3.63) is 70.8 Å². The second-order valence-electron chi connectivity index (χ2n) is 4.60. The summed E-state index contributed by atoms with van der Waals surface area (Å²) in [5.41, 5.74) is 3.21. The predicted molar refractivity (Wildman–Crippen MR) is 91.5 cm³/mol. The van der Waals surface area contributed by atoms with E-state index in [1.54, 1.807) is 16.4 Å². The molecule has 21 heavy (non-hydrogen) atoms. The highest BCUT2D eigenvalue weighted by atomic mass is 79.9. The molecule has 0 aliphatic carbocycles. The molecule has 5 heteroatoms. The highest BCUT2D eigenvalue weighted by Gasteiger charge is 2.08. The summed E-state index contributed by atoms with van der Waals surface area (Å²) < 4.78 is 2.67. The van der Waals surface area contributed by atoms with Crippen LogP contribution in [0.4, 0.5) is 0 Å². The summed E-state index contributed by atoms with van der Waals surface area (Å²) >= 11 is 5.11. The van der Waals surface area contributed by atoms with E-state index < -0.39 is 0 Å². The van der Waals surface area contributed by atoms with Gasteiger partial charge in [0, 0.05) is 15.8 Å². The lowest BCUT2D eigenvalue weighted by Crippen LogP contribution is -2.07. The molecule has 106 valence electrons. The van der Waals surface area contributed by atoms with E-state index in [0.717, 1.165) is 26.6 Å². The van der Waals surface area contributed by atoms with Crippen molar-refractivity contribution >= 4 is 27.7 Å². The standard InChI is InChI=1S/C16H14BrN3S/c17-14-8-4-5-12(9-14)11-21-16-19-15(10-20(16)18)13-6-2-1-3-7-13/h1-10H,11,18H2. The highest BCUT2D eigenvalue weighted by molar-refractivity contribution is 9.10. The van der Waals surface area contributed by atoms with Gasteiger partial charge in [-0.05, 0) is 17.7 Å². The first-order chi connectivity index (χ1) is 10.2. The van der Waals surface area contributed by atoms with Gasteiger partial charge in [-0.15, -0.1) is 0 Å². The van der Waals surface area contributed by atoms with Crippen LogP contribution in [0.15, 0.2) is 70.4 Å². The first kappa shape index (κ1) is 14.2. The van der Waals surface area contributed by atoms with E-state index in [9.17, 15) is 0 Å². The normalized spacial score (nSPS) is 10.7. The summed E-state index contributed by atoms with van der Waals surface area (Å²) in [6, 6.07) is 18.3. The minimum Gasteiger partial charge on any atom is -0.337 e. The third-order valence-electron chi connectivity index (χ3n) is 3.02. The van der Waals surface area contributed by atoms with Crippen LogP contribution >= 0.6 is 27.7 Å². The van der Waals surface area contributed by atoms with Crippen LogP contribution in [0.5, 0.6) is 0 Å². The van der Waals surface area contributed by atoms with E-state index >= 15 is 0 Å². The molecule has 0 radical (unpaired) electrons. The molecule has 0 aliphatic rings. The Labute approximate surface area is 136 Å². The molecule has 0 saturated carbocycles. The zero-order valence-electron chi connectivity index (χ0n) is 11.2. The van der Waals surface area contributed by atoms with Crippen molar-refractivity contribution in [2.24, 2.45) is 0 Å². The van der Waals surface area contributed by atoms with E-state index in [1.165, 1.54) is 5.56 Å². The Morgan fingerprint density at radius 2 is 1.90 bits per heavy atom. The summed E-state index contributed by atoms with van der Waals surface area (Å²) in [5.74, 6) is 6.83. The molecule has 3 aromatic rings. The third kappa shape index (κ3) is 3.49. The molecule has 0 fully saturated rings. The van der Waals surface area contributed by atoms with Gasteiger partial charge in [-0.25, -0.2) is 9.66 Å². The number of benzene rings is 2. The average Bonchev–Trinajstić information content (AvgIpc) is 2.87. The average molecular weight is 360 g/mol. The van der Waals surface area contributed by atoms with Gasteiger partial charge in [-0.1, -0.05) is 70.2 Å². The van der Waals surface area contributed by atoms with Gasteiger partial charge in [0.2, 0.25) is 0 Å². The quantitative estimate of drug-likeness (QED) is 0.557. The van der Waals surface area contributed by atoms with E-state index in [2.05, 4.69) is 33.0 Å². The molecule has 1 aromatic heterocycles. The maximum Gasteiger partial charge on any atom is 0.187 e. The van der Waals surface area contributed by atoms with E-state index in [4.69, 9.17) is 5.84 Å². The summed E-state index contributed by atoms with van der Waals surface area (Å²) in [4.78, 5) is 4.61. The molecule has 3 rings (SSSR count).